The number of aromatic nitrogens is 4. The SMILES string of the molecule is CCOc1ccc2nc(-c3cccc(OCC(=O)NC4CC(F)(F)C4)c3)nc(Nc3cc[nH]n3)c2c1. The van der Waals surface area contributed by atoms with Gasteiger partial charge in [-0.3, -0.25) is 9.89 Å². The van der Waals surface area contributed by atoms with Gasteiger partial charge in [-0.1, -0.05) is 12.1 Å². The van der Waals surface area contributed by atoms with Crippen molar-refractivity contribution in [2.45, 2.75) is 31.7 Å². The quantitative estimate of drug-likeness (QED) is 0.315. The molecule has 4 aromatic rings. The normalized spacial score (nSPS) is 14.8. The summed E-state index contributed by atoms with van der Waals surface area (Å²) in [7, 11) is 0. The van der Waals surface area contributed by atoms with Gasteiger partial charge in [0, 0.05) is 42.1 Å². The van der Waals surface area contributed by atoms with Crippen molar-refractivity contribution in [3.05, 3.63) is 54.7 Å². The highest BCUT2D eigenvalue weighted by Crippen LogP contribution is 2.37. The van der Waals surface area contributed by atoms with Gasteiger partial charge in [-0.25, -0.2) is 18.7 Å². The number of rotatable bonds is 9. The number of H-pyrrole nitrogens is 1. The molecule has 0 atom stereocenters. The van der Waals surface area contributed by atoms with Gasteiger partial charge in [0.2, 0.25) is 0 Å². The Kier molecular flexibility index (Phi) is 6.36. The monoisotopic (exact) mass is 494 g/mol. The predicted molar refractivity (Wildman–Crippen MR) is 130 cm³/mol. The van der Waals surface area contributed by atoms with Crippen LogP contribution in [-0.4, -0.2) is 51.3 Å². The fourth-order valence-electron chi connectivity index (χ4n) is 3.95. The zero-order chi connectivity index (χ0) is 25.1. The molecule has 0 unspecified atom stereocenters. The molecule has 11 heteroatoms. The number of anilines is 2. The molecule has 1 aliphatic rings. The first-order valence-electron chi connectivity index (χ1n) is 11.5. The summed E-state index contributed by atoms with van der Waals surface area (Å²) in [5.74, 6) is -0.427. The van der Waals surface area contributed by atoms with Crippen molar-refractivity contribution in [1.82, 2.24) is 25.5 Å². The number of nitrogens with zero attached hydrogens (tertiary/aromatic N) is 3. The first-order valence-corrected chi connectivity index (χ1v) is 11.5. The van der Waals surface area contributed by atoms with Crippen LogP contribution in [0, 0.1) is 0 Å². The van der Waals surface area contributed by atoms with E-state index in [2.05, 4.69) is 20.8 Å². The molecule has 186 valence electrons. The Morgan fingerprint density at radius 3 is 2.69 bits per heavy atom. The first-order chi connectivity index (χ1) is 17.4. The number of alkyl halides is 2. The number of carbonyl (C=O) groups is 1. The van der Waals surface area contributed by atoms with E-state index >= 15 is 0 Å². The molecule has 2 heterocycles. The average Bonchev–Trinajstić information content (AvgIpc) is 3.35. The second-order valence-electron chi connectivity index (χ2n) is 8.44. The number of nitrogens with one attached hydrogen (secondary N) is 3. The summed E-state index contributed by atoms with van der Waals surface area (Å²) >= 11 is 0. The molecule has 9 nitrogen and oxygen atoms in total. The van der Waals surface area contributed by atoms with Gasteiger partial charge in [-0.15, -0.1) is 0 Å². The zero-order valence-electron chi connectivity index (χ0n) is 19.4. The standard InChI is InChI=1S/C25H24F2N6O3/c1-2-35-18-6-7-20-19(11-18)24(31-21-8-9-28-33-21)32-23(30-20)15-4-3-5-17(10-15)36-14-22(34)29-16-12-25(26,27)13-16/h3-11,16H,2,12-14H2,1H3,(H,29,34)(H2,28,30,31,32,33). The molecule has 0 radical (unpaired) electrons. The molecule has 2 aromatic heterocycles. The van der Waals surface area contributed by atoms with Gasteiger partial charge in [-0.05, 0) is 37.3 Å². The van der Waals surface area contributed by atoms with Crippen LogP contribution in [0.2, 0.25) is 0 Å². The molecule has 2 aromatic carbocycles. The van der Waals surface area contributed by atoms with Crippen LogP contribution in [0.15, 0.2) is 54.7 Å². The Labute approximate surface area is 205 Å². The van der Waals surface area contributed by atoms with Crippen LogP contribution in [0.5, 0.6) is 11.5 Å². The maximum atomic E-state index is 13.0. The minimum Gasteiger partial charge on any atom is -0.494 e. The summed E-state index contributed by atoms with van der Waals surface area (Å²) in [6, 6.07) is 13.9. The zero-order valence-corrected chi connectivity index (χ0v) is 19.4. The topological polar surface area (TPSA) is 114 Å². The number of hydrogen-bond donors (Lipinski definition) is 3. The number of fused-ring (bicyclic) bond motifs is 1. The number of hydrogen-bond acceptors (Lipinski definition) is 7. The van der Waals surface area contributed by atoms with E-state index in [1.54, 1.807) is 30.5 Å². The molecule has 1 aliphatic carbocycles. The van der Waals surface area contributed by atoms with Crippen molar-refractivity contribution in [2.24, 2.45) is 0 Å². The first kappa shape index (κ1) is 23.5. The van der Waals surface area contributed by atoms with Gasteiger partial charge < -0.3 is 20.1 Å². The maximum absolute atomic E-state index is 13.0. The number of benzene rings is 2. The number of halogens is 2. The Hall–Kier alpha value is -4.28. The molecular formula is C25H24F2N6O3. The highest BCUT2D eigenvalue weighted by atomic mass is 19.3. The largest absolute Gasteiger partial charge is 0.494 e. The van der Waals surface area contributed by atoms with Gasteiger partial charge >= 0.3 is 0 Å². The minimum atomic E-state index is -2.69. The van der Waals surface area contributed by atoms with Crippen molar-refractivity contribution >= 4 is 28.4 Å². The maximum Gasteiger partial charge on any atom is 0.258 e. The number of carbonyl (C=O) groups excluding carboxylic acids is 1. The number of ether oxygens (including phenoxy) is 2. The van der Waals surface area contributed by atoms with Crippen molar-refractivity contribution in [3.8, 4) is 22.9 Å². The fourth-order valence-corrected chi connectivity index (χ4v) is 3.95. The highest BCUT2D eigenvalue weighted by molar-refractivity contribution is 5.93. The van der Waals surface area contributed by atoms with E-state index in [0.29, 0.717) is 46.6 Å². The lowest BCUT2D eigenvalue weighted by Crippen LogP contribution is -2.51. The van der Waals surface area contributed by atoms with Gasteiger partial charge in [0.05, 0.1) is 12.1 Å². The van der Waals surface area contributed by atoms with E-state index in [1.807, 2.05) is 31.2 Å². The molecule has 0 spiro atoms. The molecular weight excluding hydrogens is 470 g/mol. The summed E-state index contributed by atoms with van der Waals surface area (Å²) in [5, 5.41) is 13.4. The van der Waals surface area contributed by atoms with Crippen LogP contribution in [0.25, 0.3) is 22.3 Å². The lowest BCUT2D eigenvalue weighted by atomic mass is 9.88. The van der Waals surface area contributed by atoms with Crippen LogP contribution in [-0.2, 0) is 4.79 Å². The van der Waals surface area contributed by atoms with Gasteiger partial charge in [0.1, 0.15) is 17.3 Å². The molecule has 0 aliphatic heterocycles. The van der Waals surface area contributed by atoms with E-state index in [-0.39, 0.29) is 19.4 Å². The summed E-state index contributed by atoms with van der Waals surface area (Å²) in [6.07, 6.45) is 1.02. The van der Waals surface area contributed by atoms with E-state index in [4.69, 9.17) is 19.4 Å². The second-order valence-corrected chi connectivity index (χ2v) is 8.44. The molecule has 3 N–H and O–H groups in total. The third-order valence-electron chi connectivity index (χ3n) is 5.64. The summed E-state index contributed by atoms with van der Waals surface area (Å²) in [4.78, 5) is 21.5. The third kappa shape index (κ3) is 5.35. The second kappa shape index (κ2) is 9.76. The van der Waals surface area contributed by atoms with Crippen molar-refractivity contribution in [1.29, 1.82) is 0 Å². The Morgan fingerprint density at radius 2 is 1.94 bits per heavy atom. The van der Waals surface area contributed by atoms with E-state index < -0.39 is 17.9 Å². The van der Waals surface area contributed by atoms with Crippen molar-refractivity contribution in [2.75, 3.05) is 18.5 Å². The number of amides is 1. The fraction of sp³-hybridized carbons (Fsp3) is 0.280. The predicted octanol–water partition coefficient (Wildman–Crippen LogP) is 4.45. The summed E-state index contributed by atoms with van der Waals surface area (Å²) in [6.45, 7) is 2.16. The van der Waals surface area contributed by atoms with Crippen molar-refractivity contribution in [3.63, 3.8) is 0 Å². The van der Waals surface area contributed by atoms with Gasteiger partial charge in [0.15, 0.2) is 18.2 Å². The number of aromatic amines is 1. The molecule has 1 saturated carbocycles. The highest BCUT2D eigenvalue weighted by Gasteiger charge is 2.45. The lowest BCUT2D eigenvalue weighted by molar-refractivity contribution is -0.131. The van der Waals surface area contributed by atoms with E-state index in [9.17, 15) is 13.6 Å². The third-order valence-corrected chi connectivity index (χ3v) is 5.64. The van der Waals surface area contributed by atoms with Crippen LogP contribution in [0.4, 0.5) is 20.4 Å². The van der Waals surface area contributed by atoms with Crippen LogP contribution in [0.3, 0.4) is 0 Å². The van der Waals surface area contributed by atoms with Crippen LogP contribution >= 0.6 is 0 Å². The van der Waals surface area contributed by atoms with E-state index in [1.165, 1.54) is 0 Å². The Morgan fingerprint density at radius 1 is 1.11 bits per heavy atom. The molecule has 5 rings (SSSR count). The van der Waals surface area contributed by atoms with Crippen LogP contribution < -0.4 is 20.1 Å². The lowest BCUT2D eigenvalue weighted by Gasteiger charge is -2.35. The molecule has 0 saturated heterocycles. The molecule has 1 amide bonds. The van der Waals surface area contributed by atoms with Gasteiger partial charge in [0.25, 0.3) is 11.8 Å². The van der Waals surface area contributed by atoms with E-state index in [0.717, 1.165) is 5.39 Å². The summed E-state index contributed by atoms with van der Waals surface area (Å²) < 4.78 is 37.2. The Bertz CT molecular complexity index is 1370. The molecule has 36 heavy (non-hydrogen) atoms. The van der Waals surface area contributed by atoms with Crippen molar-refractivity contribution < 1.29 is 23.0 Å². The summed E-state index contributed by atoms with van der Waals surface area (Å²) in [5.41, 5.74) is 1.37. The molecule has 0 bridgehead atoms. The smallest absolute Gasteiger partial charge is 0.258 e. The van der Waals surface area contributed by atoms with Gasteiger partial charge in [-0.2, -0.15) is 5.10 Å². The average molecular weight is 495 g/mol. The Balaban J connectivity index is 1.37. The van der Waals surface area contributed by atoms with Crippen LogP contribution in [0.1, 0.15) is 19.8 Å². The minimum absolute atomic E-state index is 0.281. The molecule has 1 fully saturated rings.